The Morgan fingerprint density at radius 3 is 2.52 bits per heavy atom. The van der Waals surface area contributed by atoms with Gasteiger partial charge in [-0.25, -0.2) is 4.98 Å². The van der Waals surface area contributed by atoms with Crippen LogP contribution in [0.4, 0.5) is 5.13 Å². The monoisotopic (exact) mass is 370 g/mol. The quantitative estimate of drug-likeness (QED) is 0.620. The maximum absolute atomic E-state index is 12.3. The largest absolute Gasteiger partial charge is 0.489 e. The van der Waals surface area contributed by atoms with E-state index in [9.17, 15) is 4.79 Å². The van der Waals surface area contributed by atoms with Gasteiger partial charge in [-0.3, -0.25) is 10.1 Å². The number of hydrogen-bond acceptors (Lipinski definition) is 5. The third-order valence-corrected chi connectivity index (χ3v) is 5.81. The van der Waals surface area contributed by atoms with Gasteiger partial charge >= 0.3 is 0 Å². The third kappa shape index (κ3) is 4.61. The summed E-state index contributed by atoms with van der Waals surface area (Å²) in [7, 11) is 0. The Kier molecular flexibility index (Phi) is 5.73. The van der Waals surface area contributed by atoms with E-state index in [1.54, 1.807) is 23.9 Å². The van der Waals surface area contributed by atoms with E-state index in [1.165, 1.54) is 11.3 Å². The number of rotatable bonds is 6. The molecule has 0 atom stereocenters. The Bertz CT molecular complexity index is 846. The molecule has 1 amide bonds. The van der Waals surface area contributed by atoms with Crippen LogP contribution in [0.3, 0.4) is 0 Å². The maximum Gasteiger partial charge on any atom is 0.257 e. The summed E-state index contributed by atoms with van der Waals surface area (Å²) in [5, 5.41) is 3.48. The molecule has 0 aliphatic carbocycles. The minimum absolute atomic E-state index is 0.156. The summed E-state index contributed by atoms with van der Waals surface area (Å²) in [6, 6.07) is 17.1. The third-order valence-electron chi connectivity index (χ3n) is 3.52. The van der Waals surface area contributed by atoms with Crippen molar-refractivity contribution < 1.29 is 9.53 Å². The van der Waals surface area contributed by atoms with Crippen LogP contribution in [0.5, 0.6) is 5.75 Å². The lowest BCUT2D eigenvalue weighted by molar-refractivity contribution is 0.102. The lowest BCUT2D eigenvalue weighted by Gasteiger charge is -2.07. The van der Waals surface area contributed by atoms with E-state index >= 15 is 0 Å². The number of nitrogens with zero attached hydrogens (tertiary/aromatic N) is 1. The Morgan fingerprint density at radius 2 is 1.88 bits per heavy atom. The van der Waals surface area contributed by atoms with Gasteiger partial charge in [-0.2, -0.15) is 0 Å². The first-order valence-corrected chi connectivity index (χ1v) is 9.79. The Balaban J connectivity index is 1.60. The molecule has 1 heterocycles. The van der Waals surface area contributed by atoms with E-state index in [0.29, 0.717) is 17.3 Å². The molecule has 1 N–H and O–H groups in total. The van der Waals surface area contributed by atoms with Crippen molar-refractivity contribution in [3.8, 4) is 5.75 Å². The first-order valence-electron chi connectivity index (χ1n) is 7.75. The van der Waals surface area contributed by atoms with Crippen molar-refractivity contribution in [1.82, 2.24) is 4.98 Å². The van der Waals surface area contributed by atoms with Gasteiger partial charge in [0.15, 0.2) is 5.13 Å². The number of ether oxygens (including phenoxy) is 1. The van der Waals surface area contributed by atoms with Crippen LogP contribution in [-0.2, 0) is 6.61 Å². The molecular formula is C19H18N2O2S2. The van der Waals surface area contributed by atoms with Crippen LogP contribution in [0.15, 0.2) is 58.8 Å². The molecule has 0 spiro atoms. The van der Waals surface area contributed by atoms with E-state index in [0.717, 1.165) is 21.2 Å². The first kappa shape index (κ1) is 17.5. The summed E-state index contributed by atoms with van der Waals surface area (Å²) < 4.78 is 6.82. The molecule has 0 bridgehead atoms. The molecule has 3 aromatic rings. The molecule has 0 aliphatic rings. The van der Waals surface area contributed by atoms with Crippen LogP contribution in [0.2, 0.25) is 0 Å². The second-order valence-corrected chi connectivity index (χ2v) is 7.42. The van der Waals surface area contributed by atoms with E-state index in [1.807, 2.05) is 55.6 Å². The van der Waals surface area contributed by atoms with Crippen molar-refractivity contribution >= 4 is 34.1 Å². The average molecular weight is 370 g/mol. The molecule has 1 aromatic heterocycles. The van der Waals surface area contributed by atoms with Gasteiger partial charge in [0.25, 0.3) is 5.91 Å². The number of nitrogens with one attached hydrogen (secondary N) is 1. The molecule has 128 valence electrons. The minimum atomic E-state index is -0.156. The fourth-order valence-corrected chi connectivity index (χ4v) is 3.84. The van der Waals surface area contributed by atoms with Crippen molar-refractivity contribution in [3.05, 3.63) is 71.4 Å². The van der Waals surface area contributed by atoms with Gasteiger partial charge in [0, 0.05) is 5.56 Å². The number of thioether (sulfide) groups is 1. The molecule has 3 rings (SSSR count). The maximum atomic E-state index is 12.3. The second-order valence-electron chi connectivity index (χ2n) is 5.35. The molecule has 0 saturated heterocycles. The van der Waals surface area contributed by atoms with E-state index in [-0.39, 0.29) is 5.91 Å². The van der Waals surface area contributed by atoms with Crippen molar-refractivity contribution in [2.75, 3.05) is 11.6 Å². The summed E-state index contributed by atoms with van der Waals surface area (Å²) in [6.07, 6.45) is 2.00. The molecule has 2 aromatic carbocycles. The van der Waals surface area contributed by atoms with Gasteiger partial charge in [-0.05, 0) is 43.0 Å². The molecule has 0 fully saturated rings. The number of para-hydroxylation sites is 1. The molecule has 0 unspecified atom stereocenters. The molecule has 25 heavy (non-hydrogen) atoms. The average Bonchev–Trinajstić information content (AvgIpc) is 3.00. The van der Waals surface area contributed by atoms with Crippen LogP contribution in [0.25, 0.3) is 0 Å². The van der Waals surface area contributed by atoms with Gasteiger partial charge in [-0.15, -0.1) is 11.8 Å². The zero-order valence-electron chi connectivity index (χ0n) is 14.0. The molecule has 4 nitrogen and oxygen atoms in total. The smallest absolute Gasteiger partial charge is 0.257 e. The topological polar surface area (TPSA) is 51.2 Å². The number of anilines is 1. The lowest BCUT2D eigenvalue weighted by Crippen LogP contribution is -2.11. The number of carbonyl (C=O) groups excluding carboxylic acids is 1. The predicted molar refractivity (Wildman–Crippen MR) is 104 cm³/mol. The highest BCUT2D eigenvalue weighted by atomic mass is 32.2. The number of aromatic nitrogens is 1. The number of amides is 1. The second kappa shape index (κ2) is 8.18. The van der Waals surface area contributed by atoms with E-state index in [2.05, 4.69) is 10.3 Å². The number of hydrogen-bond donors (Lipinski definition) is 1. The van der Waals surface area contributed by atoms with Gasteiger partial charge < -0.3 is 4.74 Å². The van der Waals surface area contributed by atoms with E-state index < -0.39 is 0 Å². The van der Waals surface area contributed by atoms with Crippen molar-refractivity contribution in [2.45, 2.75) is 17.7 Å². The van der Waals surface area contributed by atoms with Gasteiger partial charge in [-0.1, -0.05) is 41.7 Å². The highest BCUT2D eigenvalue weighted by Crippen LogP contribution is 2.30. The fourth-order valence-electron chi connectivity index (χ4n) is 2.23. The van der Waals surface area contributed by atoms with Gasteiger partial charge in [0.2, 0.25) is 0 Å². The van der Waals surface area contributed by atoms with Crippen LogP contribution in [0.1, 0.15) is 21.6 Å². The minimum Gasteiger partial charge on any atom is -0.489 e. The number of thiazole rings is 1. The van der Waals surface area contributed by atoms with Crippen molar-refractivity contribution in [1.29, 1.82) is 0 Å². The van der Waals surface area contributed by atoms with Crippen LogP contribution in [-0.4, -0.2) is 17.1 Å². The highest BCUT2D eigenvalue weighted by Gasteiger charge is 2.11. The summed E-state index contributed by atoms with van der Waals surface area (Å²) in [4.78, 5) is 16.7. The Morgan fingerprint density at radius 1 is 1.16 bits per heavy atom. The summed E-state index contributed by atoms with van der Waals surface area (Å²) >= 11 is 3.13. The summed E-state index contributed by atoms with van der Waals surface area (Å²) in [6.45, 7) is 2.41. The molecule has 0 aliphatic heterocycles. The normalized spacial score (nSPS) is 10.5. The molecule has 6 heteroatoms. The zero-order chi connectivity index (χ0) is 17.6. The van der Waals surface area contributed by atoms with Crippen molar-refractivity contribution in [3.63, 3.8) is 0 Å². The number of aryl methyl sites for hydroxylation is 1. The van der Waals surface area contributed by atoms with Gasteiger partial charge in [0.1, 0.15) is 12.4 Å². The Hall–Kier alpha value is -2.31. The van der Waals surface area contributed by atoms with Gasteiger partial charge in [0.05, 0.1) is 9.90 Å². The van der Waals surface area contributed by atoms with Crippen LogP contribution in [0, 0.1) is 6.92 Å². The fraction of sp³-hybridized carbons (Fsp3) is 0.158. The Labute approximate surface area is 155 Å². The lowest BCUT2D eigenvalue weighted by atomic mass is 10.1. The summed E-state index contributed by atoms with van der Waals surface area (Å²) in [5.41, 5.74) is 2.55. The number of benzene rings is 2. The molecular weight excluding hydrogens is 352 g/mol. The van der Waals surface area contributed by atoms with Crippen LogP contribution >= 0.6 is 23.1 Å². The summed E-state index contributed by atoms with van der Waals surface area (Å²) in [5.74, 6) is 0.671. The van der Waals surface area contributed by atoms with Crippen molar-refractivity contribution in [2.24, 2.45) is 0 Å². The van der Waals surface area contributed by atoms with E-state index in [4.69, 9.17) is 4.74 Å². The highest BCUT2D eigenvalue weighted by molar-refractivity contribution is 8.00. The standard InChI is InChI=1S/C19H18N2O2S2/c1-13-18(24-2)25-19(20-13)21-17(22)15-10-8-14(9-11-15)12-23-16-6-4-3-5-7-16/h3-11H,12H2,1-2H3,(H,20,21,22). The molecule has 0 radical (unpaired) electrons. The zero-order valence-corrected chi connectivity index (χ0v) is 15.6. The molecule has 0 saturated carbocycles. The number of carbonyl (C=O) groups is 1. The first-order chi connectivity index (χ1) is 12.2. The SMILES string of the molecule is CSc1sc(NC(=O)c2ccc(COc3ccccc3)cc2)nc1C. The predicted octanol–water partition coefficient (Wildman–Crippen LogP) is 5.00. The van der Waals surface area contributed by atoms with Crippen LogP contribution < -0.4 is 10.1 Å².